The molecule has 0 aliphatic carbocycles. The van der Waals surface area contributed by atoms with Gasteiger partial charge in [-0.05, 0) is 12.1 Å². The minimum Gasteiger partial charge on any atom is -0.394 e. The van der Waals surface area contributed by atoms with Crippen molar-refractivity contribution in [3.8, 4) is 0 Å². The minimum absolute atomic E-state index is 0.0537. The zero-order valence-corrected chi connectivity index (χ0v) is 17.6. The Kier molecular flexibility index (Phi) is 7.95. The highest BCUT2D eigenvalue weighted by atomic mass is 16.6. The summed E-state index contributed by atoms with van der Waals surface area (Å²) in [6, 6.07) is 2.74. The molecular formula is C18H26N6O10. The second-order valence-electron chi connectivity index (χ2n) is 7.54. The highest BCUT2D eigenvalue weighted by Crippen LogP contribution is 2.28. The third-order valence-electron chi connectivity index (χ3n) is 5.29. The first kappa shape index (κ1) is 25.7. The van der Waals surface area contributed by atoms with Crippen molar-refractivity contribution in [3.05, 3.63) is 45.5 Å². The van der Waals surface area contributed by atoms with E-state index in [1.54, 1.807) is 0 Å². The fraction of sp³-hybridized carbons (Fsp3) is 0.556. The summed E-state index contributed by atoms with van der Waals surface area (Å²) in [6.45, 7) is -0.905. The number of aliphatic hydroxyl groups excluding tert-OH is 6. The summed E-state index contributed by atoms with van der Waals surface area (Å²) in [5.41, 5.74) is 9.26. The Bertz CT molecular complexity index is 1010. The first-order valence-electron chi connectivity index (χ1n) is 10.0. The summed E-state index contributed by atoms with van der Waals surface area (Å²) < 4.78 is 12.4. The van der Waals surface area contributed by atoms with Crippen LogP contribution in [0.4, 0.5) is 11.6 Å². The maximum absolute atomic E-state index is 11.5. The summed E-state index contributed by atoms with van der Waals surface area (Å²) in [7, 11) is 0. The summed E-state index contributed by atoms with van der Waals surface area (Å²) >= 11 is 0. The van der Waals surface area contributed by atoms with Crippen molar-refractivity contribution >= 4 is 11.6 Å². The molecule has 2 aliphatic rings. The number of nitrogens with zero attached hydrogens (tertiary/aromatic N) is 4. The molecule has 2 aromatic rings. The molecule has 0 radical (unpaired) electrons. The van der Waals surface area contributed by atoms with Crippen LogP contribution in [0.1, 0.15) is 12.5 Å². The number of ether oxygens (including phenoxy) is 2. The lowest BCUT2D eigenvalue weighted by Gasteiger charge is -2.16. The van der Waals surface area contributed by atoms with Gasteiger partial charge in [-0.15, -0.1) is 0 Å². The third kappa shape index (κ3) is 5.08. The number of nitrogens with two attached hydrogens (primary N) is 2. The number of aliphatic hydroxyl groups is 6. The SMILES string of the molecule is Nc1ccn(C2O[C@H](CO)C(O)[C@H]2O)c(=O)n1.Nc1ccn(C2O[C@H](CO)C(O)[C@H]2O)c(=O)n1. The molecule has 8 atom stereocenters. The molecule has 34 heavy (non-hydrogen) atoms. The van der Waals surface area contributed by atoms with Gasteiger partial charge in [0, 0.05) is 12.4 Å². The number of nitrogen functional groups attached to an aromatic ring is 2. The number of aromatic nitrogens is 4. The first-order valence-corrected chi connectivity index (χ1v) is 10.0. The van der Waals surface area contributed by atoms with Gasteiger partial charge in [-0.3, -0.25) is 9.13 Å². The molecule has 16 heteroatoms. The predicted octanol–water partition coefficient (Wildman–Crippen LogP) is -5.13. The monoisotopic (exact) mass is 486 g/mol. The van der Waals surface area contributed by atoms with Gasteiger partial charge in [0.25, 0.3) is 0 Å². The molecule has 188 valence electrons. The Morgan fingerprint density at radius 3 is 1.35 bits per heavy atom. The molecule has 4 rings (SSSR count). The number of rotatable bonds is 4. The molecule has 2 saturated heterocycles. The molecule has 0 spiro atoms. The van der Waals surface area contributed by atoms with Crippen molar-refractivity contribution in [2.45, 2.75) is 49.1 Å². The lowest BCUT2D eigenvalue weighted by molar-refractivity contribution is -0.0549. The Hall–Kier alpha value is -2.96. The van der Waals surface area contributed by atoms with Crippen molar-refractivity contribution in [1.82, 2.24) is 19.1 Å². The summed E-state index contributed by atoms with van der Waals surface area (Å²) in [5.74, 6) is 0.107. The average molecular weight is 486 g/mol. The van der Waals surface area contributed by atoms with Gasteiger partial charge in [0.15, 0.2) is 12.5 Å². The molecule has 0 amide bonds. The topological polar surface area (TPSA) is 262 Å². The van der Waals surface area contributed by atoms with Crippen molar-refractivity contribution in [3.63, 3.8) is 0 Å². The number of hydrogen-bond donors (Lipinski definition) is 8. The first-order chi connectivity index (χ1) is 16.1. The molecule has 4 heterocycles. The summed E-state index contributed by atoms with van der Waals surface area (Å²) in [4.78, 5) is 30.0. The largest absolute Gasteiger partial charge is 0.394 e. The van der Waals surface area contributed by atoms with Crippen LogP contribution in [0.2, 0.25) is 0 Å². The van der Waals surface area contributed by atoms with Crippen molar-refractivity contribution < 1.29 is 40.1 Å². The molecule has 2 aromatic heterocycles. The van der Waals surface area contributed by atoms with Crippen LogP contribution in [0, 0.1) is 0 Å². The highest BCUT2D eigenvalue weighted by Gasteiger charge is 2.44. The quantitative estimate of drug-likeness (QED) is 0.201. The Morgan fingerprint density at radius 2 is 1.09 bits per heavy atom. The van der Waals surface area contributed by atoms with Gasteiger partial charge in [0.05, 0.1) is 13.2 Å². The second-order valence-corrected chi connectivity index (χ2v) is 7.54. The Morgan fingerprint density at radius 1 is 0.735 bits per heavy atom. The zero-order chi connectivity index (χ0) is 25.2. The number of hydrogen-bond acceptors (Lipinski definition) is 14. The third-order valence-corrected chi connectivity index (χ3v) is 5.29. The van der Waals surface area contributed by atoms with E-state index >= 15 is 0 Å². The van der Waals surface area contributed by atoms with Gasteiger partial charge < -0.3 is 51.6 Å². The van der Waals surface area contributed by atoms with E-state index < -0.39 is 73.7 Å². The molecule has 2 fully saturated rings. The van der Waals surface area contributed by atoms with E-state index in [1.807, 2.05) is 0 Å². The minimum atomic E-state index is -1.31. The fourth-order valence-electron chi connectivity index (χ4n) is 3.46. The summed E-state index contributed by atoms with van der Waals surface area (Å²) in [6.07, 6.45) is -6.53. The molecule has 0 saturated carbocycles. The fourth-order valence-corrected chi connectivity index (χ4v) is 3.46. The van der Waals surface area contributed by atoms with E-state index in [-0.39, 0.29) is 11.6 Å². The standard InChI is InChI=1S/2C9H13N3O5/c2*10-5-1-2-12(9(16)11-5)8-7(15)6(14)4(3-13)17-8/h2*1-2,4,6-8,13-15H,3H2,(H2,10,11,16)/t2*4-,6?,7-,8?/m11/s1. The van der Waals surface area contributed by atoms with E-state index in [4.69, 9.17) is 31.2 Å². The Labute approximate surface area is 190 Å². The van der Waals surface area contributed by atoms with Gasteiger partial charge >= 0.3 is 11.4 Å². The van der Waals surface area contributed by atoms with Gasteiger partial charge in [-0.25, -0.2) is 9.59 Å². The van der Waals surface area contributed by atoms with Crippen LogP contribution >= 0.6 is 0 Å². The van der Waals surface area contributed by atoms with Crippen LogP contribution in [0.15, 0.2) is 34.1 Å². The van der Waals surface area contributed by atoms with Crippen LogP contribution in [-0.2, 0) is 9.47 Å². The van der Waals surface area contributed by atoms with Gasteiger partial charge in [0.2, 0.25) is 0 Å². The number of anilines is 2. The van der Waals surface area contributed by atoms with Crippen molar-refractivity contribution in [1.29, 1.82) is 0 Å². The van der Waals surface area contributed by atoms with E-state index in [9.17, 15) is 30.0 Å². The van der Waals surface area contributed by atoms with Gasteiger partial charge in [0.1, 0.15) is 48.3 Å². The molecular weight excluding hydrogens is 460 g/mol. The maximum atomic E-state index is 11.5. The van der Waals surface area contributed by atoms with Crippen molar-refractivity contribution in [2.75, 3.05) is 24.7 Å². The molecule has 0 bridgehead atoms. The molecule has 0 aromatic carbocycles. The lowest BCUT2D eigenvalue weighted by atomic mass is 10.1. The Balaban J connectivity index is 0.000000191. The second kappa shape index (κ2) is 10.5. The molecule has 16 nitrogen and oxygen atoms in total. The average Bonchev–Trinajstić information content (AvgIpc) is 3.24. The smallest absolute Gasteiger partial charge is 0.351 e. The van der Waals surface area contributed by atoms with Crippen molar-refractivity contribution in [2.24, 2.45) is 0 Å². The lowest BCUT2D eigenvalue weighted by Crippen LogP contribution is -2.36. The van der Waals surface area contributed by atoms with E-state index in [1.165, 1.54) is 24.5 Å². The molecule has 4 unspecified atom stereocenters. The van der Waals surface area contributed by atoms with Crippen LogP contribution in [0.3, 0.4) is 0 Å². The maximum Gasteiger partial charge on any atom is 0.351 e. The van der Waals surface area contributed by atoms with E-state index in [2.05, 4.69) is 9.97 Å². The molecule has 10 N–H and O–H groups in total. The molecule has 2 aliphatic heterocycles. The summed E-state index contributed by atoms with van der Waals surface area (Å²) in [5, 5.41) is 56.3. The van der Waals surface area contributed by atoms with Crippen LogP contribution < -0.4 is 22.8 Å². The van der Waals surface area contributed by atoms with E-state index in [0.717, 1.165) is 9.13 Å². The normalized spacial score (nSPS) is 32.9. The zero-order valence-electron chi connectivity index (χ0n) is 17.6. The highest BCUT2D eigenvalue weighted by molar-refractivity contribution is 5.24. The van der Waals surface area contributed by atoms with Gasteiger partial charge in [-0.1, -0.05) is 0 Å². The van der Waals surface area contributed by atoms with Crippen LogP contribution in [0.5, 0.6) is 0 Å². The predicted molar refractivity (Wildman–Crippen MR) is 112 cm³/mol. The van der Waals surface area contributed by atoms with Gasteiger partial charge in [-0.2, -0.15) is 9.97 Å². The van der Waals surface area contributed by atoms with E-state index in [0.29, 0.717) is 0 Å². The van der Waals surface area contributed by atoms with Crippen LogP contribution in [0.25, 0.3) is 0 Å². The van der Waals surface area contributed by atoms with Crippen LogP contribution in [-0.4, -0.2) is 99.6 Å².